The number of benzene rings is 1. The van der Waals surface area contributed by atoms with E-state index in [-0.39, 0.29) is 5.78 Å². The third-order valence-corrected chi connectivity index (χ3v) is 6.12. The highest BCUT2D eigenvalue weighted by atomic mass is 32.1. The second-order valence-electron chi connectivity index (χ2n) is 7.95. The minimum absolute atomic E-state index is 0.236. The maximum absolute atomic E-state index is 11.1. The first-order valence-electron chi connectivity index (χ1n) is 9.55. The van der Waals surface area contributed by atoms with Gasteiger partial charge in [-0.25, -0.2) is 4.98 Å². The molecule has 0 N–H and O–H groups in total. The third kappa shape index (κ3) is 5.04. The molecule has 0 aliphatic heterocycles. The van der Waals surface area contributed by atoms with Gasteiger partial charge in [0.1, 0.15) is 11.5 Å². The fourth-order valence-corrected chi connectivity index (χ4v) is 4.27. The molecule has 1 heterocycles. The molecule has 0 saturated heterocycles. The Labute approximate surface area is 159 Å². The Morgan fingerprint density at radius 2 is 2.08 bits per heavy atom. The minimum atomic E-state index is 0.236. The Bertz CT molecular complexity index is 749. The minimum Gasteiger partial charge on any atom is -0.493 e. The molecule has 0 radical (unpaired) electrons. The van der Waals surface area contributed by atoms with Crippen LogP contribution in [-0.2, 0) is 9.53 Å². The normalized spacial score (nSPS) is 21.0. The Kier molecular flexibility index (Phi) is 6.30. The van der Waals surface area contributed by atoms with Gasteiger partial charge in [0.25, 0.3) is 0 Å². The maximum atomic E-state index is 11.1. The van der Waals surface area contributed by atoms with E-state index >= 15 is 0 Å². The molecular formula is C21H29NO3S. The molecule has 0 unspecified atom stereocenters. The predicted molar refractivity (Wildman–Crippen MR) is 106 cm³/mol. The van der Waals surface area contributed by atoms with Crippen LogP contribution in [0, 0.1) is 11.8 Å². The Hall–Kier alpha value is -1.46. The van der Waals surface area contributed by atoms with Crippen molar-refractivity contribution < 1.29 is 14.3 Å². The molecule has 2 aromatic rings. The summed E-state index contributed by atoms with van der Waals surface area (Å²) in [5, 5.41) is 1.18. The van der Waals surface area contributed by atoms with Gasteiger partial charge in [-0.2, -0.15) is 0 Å². The number of carbonyl (C=O) groups is 1. The number of ether oxygens (including phenoxy) is 2. The van der Waals surface area contributed by atoms with Gasteiger partial charge in [-0.15, -0.1) is 11.3 Å². The van der Waals surface area contributed by atoms with E-state index in [9.17, 15) is 4.79 Å². The lowest BCUT2D eigenvalue weighted by molar-refractivity contribution is -0.119. The number of hydrogen-bond donors (Lipinski definition) is 0. The summed E-state index contributed by atoms with van der Waals surface area (Å²) in [6.45, 7) is 9.47. The van der Waals surface area contributed by atoms with E-state index in [2.05, 4.69) is 37.9 Å². The van der Waals surface area contributed by atoms with Crippen LogP contribution >= 0.6 is 11.3 Å². The van der Waals surface area contributed by atoms with Crippen molar-refractivity contribution in [3.63, 3.8) is 0 Å². The van der Waals surface area contributed by atoms with Crippen molar-refractivity contribution in [1.29, 1.82) is 0 Å². The molecule has 0 amide bonds. The zero-order chi connectivity index (χ0) is 18.7. The molecule has 0 bridgehead atoms. The third-order valence-electron chi connectivity index (χ3n) is 4.80. The lowest BCUT2D eigenvalue weighted by Gasteiger charge is -2.35. The molecule has 0 spiro atoms. The van der Waals surface area contributed by atoms with E-state index in [4.69, 9.17) is 9.47 Å². The largest absolute Gasteiger partial charge is 0.493 e. The number of Topliss-reactive ketones (excluding diaryl/α,β-unsaturated/α-hetero) is 1. The van der Waals surface area contributed by atoms with Crippen molar-refractivity contribution in [2.45, 2.75) is 59.0 Å². The van der Waals surface area contributed by atoms with Crippen LogP contribution in [-0.4, -0.2) is 30.1 Å². The van der Waals surface area contributed by atoms with Gasteiger partial charge < -0.3 is 14.3 Å². The molecule has 1 saturated carbocycles. The van der Waals surface area contributed by atoms with Crippen molar-refractivity contribution in [3.05, 3.63) is 23.2 Å². The summed E-state index contributed by atoms with van der Waals surface area (Å²) >= 11 is 1.75. The van der Waals surface area contributed by atoms with Gasteiger partial charge in [0, 0.05) is 18.9 Å². The van der Waals surface area contributed by atoms with Gasteiger partial charge in [0.05, 0.1) is 27.9 Å². The lowest BCUT2D eigenvalue weighted by atomic mass is 9.83. The first-order valence-corrected chi connectivity index (χ1v) is 10.4. The molecule has 1 aliphatic rings. The van der Waals surface area contributed by atoms with Crippen molar-refractivity contribution >= 4 is 27.3 Å². The van der Waals surface area contributed by atoms with E-state index in [0.29, 0.717) is 36.9 Å². The molecule has 26 heavy (non-hydrogen) atoms. The highest BCUT2D eigenvalue weighted by molar-refractivity contribution is 7.18. The number of fused-ring (bicyclic) bond motifs is 1. The maximum Gasteiger partial charge on any atom is 0.130 e. The van der Waals surface area contributed by atoms with E-state index in [1.807, 2.05) is 6.07 Å². The summed E-state index contributed by atoms with van der Waals surface area (Å²) in [6, 6.07) is 6.17. The van der Waals surface area contributed by atoms with Gasteiger partial charge in [0.2, 0.25) is 0 Å². The van der Waals surface area contributed by atoms with Crippen molar-refractivity contribution in [3.8, 4) is 5.75 Å². The van der Waals surface area contributed by atoms with Crippen LogP contribution in [0.5, 0.6) is 5.75 Å². The summed E-state index contributed by atoms with van der Waals surface area (Å²) in [6.07, 6.45) is 3.04. The van der Waals surface area contributed by atoms with Crippen molar-refractivity contribution in [2.75, 3.05) is 13.2 Å². The number of carbonyl (C=O) groups excluding carboxylic acids is 1. The predicted octanol–water partition coefficient (Wildman–Crippen LogP) is 5.21. The molecule has 1 fully saturated rings. The Morgan fingerprint density at radius 1 is 1.31 bits per heavy atom. The standard InChI is InChI=1S/C21H29NO3S/c1-13(2)21-22-19-6-5-17(10-20(19)26-21)25-12-16-8-18(9-16)24-11-14(3)7-15(4)23/h5-6,10,13-14,16,18H,7-9,11-12H2,1-4H3/t14-,16?,18?/m1/s1. The number of thiazole rings is 1. The molecular weight excluding hydrogens is 346 g/mol. The van der Waals surface area contributed by atoms with Gasteiger partial charge in [-0.1, -0.05) is 20.8 Å². The Morgan fingerprint density at radius 3 is 2.77 bits per heavy atom. The van der Waals surface area contributed by atoms with Crippen LogP contribution in [0.4, 0.5) is 0 Å². The summed E-state index contributed by atoms with van der Waals surface area (Å²) in [5.41, 5.74) is 1.06. The quantitative estimate of drug-likeness (QED) is 0.604. The van der Waals surface area contributed by atoms with Gasteiger partial charge in [-0.3, -0.25) is 0 Å². The fourth-order valence-electron chi connectivity index (χ4n) is 3.27. The first kappa shape index (κ1) is 19.3. The zero-order valence-electron chi connectivity index (χ0n) is 16.2. The summed E-state index contributed by atoms with van der Waals surface area (Å²) in [5.74, 6) is 2.49. The molecule has 142 valence electrons. The van der Waals surface area contributed by atoms with Gasteiger partial charge >= 0.3 is 0 Å². The number of rotatable bonds is 9. The van der Waals surface area contributed by atoms with Gasteiger partial charge in [0.15, 0.2) is 0 Å². The zero-order valence-corrected chi connectivity index (χ0v) is 17.0. The molecule has 1 atom stereocenters. The second kappa shape index (κ2) is 8.49. The average molecular weight is 376 g/mol. The number of hydrogen-bond acceptors (Lipinski definition) is 5. The van der Waals surface area contributed by atoms with Crippen LogP contribution in [0.2, 0.25) is 0 Å². The monoisotopic (exact) mass is 375 g/mol. The van der Waals surface area contributed by atoms with E-state index in [1.54, 1.807) is 18.3 Å². The molecule has 1 aromatic heterocycles. The van der Waals surface area contributed by atoms with Gasteiger partial charge in [-0.05, 0) is 49.8 Å². The van der Waals surface area contributed by atoms with Crippen LogP contribution in [0.25, 0.3) is 10.2 Å². The van der Waals surface area contributed by atoms with E-state index in [0.717, 1.165) is 30.7 Å². The number of aromatic nitrogens is 1. The summed E-state index contributed by atoms with van der Waals surface area (Å²) in [7, 11) is 0. The molecule has 3 rings (SSSR count). The number of ketones is 1. The van der Waals surface area contributed by atoms with Crippen molar-refractivity contribution in [1.82, 2.24) is 4.98 Å². The molecule has 5 heteroatoms. The molecule has 4 nitrogen and oxygen atoms in total. The molecule has 1 aromatic carbocycles. The smallest absolute Gasteiger partial charge is 0.130 e. The van der Waals surface area contributed by atoms with Crippen LogP contribution < -0.4 is 4.74 Å². The summed E-state index contributed by atoms with van der Waals surface area (Å²) in [4.78, 5) is 15.8. The summed E-state index contributed by atoms with van der Waals surface area (Å²) < 4.78 is 13.1. The topological polar surface area (TPSA) is 48.4 Å². The van der Waals surface area contributed by atoms with Crippen molar-refractivity contribution in [2.24, 2.45) is 11.8 Å². The number of nitrogens with zero attached hydrogens (tertiary/aromatic N) is 1. The van der Waals surface area contributed by atoms with E-state index in [1.165, 1.54) is 9.71 Å². The second-order valence-corrected chi connectivity index (χ2v) is 9.01. The lowest BCUT2D eigenvalue weighted by Crippen LogP contribution is -2.36. The van der Waals surface area contributed by atoms with Crippen LogP contribution in [0.3, 0.4) is 0 Å². The van der Waals surface area contributed by atoms with Crippen LogP contribution in [0.1, 0.15) is 57.9 Å². The SMILES string of the molecule is CC(=O)C[C@@H](C)COC1CC(COc2ccc3nc(C(C)C)sc3c2)C1. The molecule has 1 aliphatic carbocycles. The fraction of sp³-hybridized carbons (Fsp3) is 0.619. The first-order chi connectivity index (χ1) is 12.4. The average Bonchev–Trinajstić information content (AvgIpc) is 2.95. The van der Waals surface area contributed by atoms with E-state index < -0.39 is 0 Å². The highest BCUT2D eigenvalue weighted by Crippen LogP contribution is 2.33. The Balaban J connectivity index is 1.40. The highest BCUT2D eigenvalue weighted by Gasteiger charge is 2.30. The van der Waals surface area contributed by atoms with Crippen LogP contribution in [0.15, 0.2) is 18.2 Å².